The van der Waals surface area contributed by atoms with E-state index < -0.39 is 0 Å². The van der Waals surface area contributed by atoms with E-state index in [0.29, 0.717) is 12.3 Å². The van der Waals surface area contributed by atoms with Crippen molar-refractivity contribution in [2.45, 2.75) is 6.54 Å². The summed E-state index contributed by atoms with van der Waals surface area (Å²) in [5.41, 5.74) is 1.01. The van der Waals surface area contributed by atoms with Gasteiger partial charge in [-0.05, 0) is 36.4 Å². The summed E-state index contributed by atoms with van der Waals surface area (Å²) < 4.78 is 19.7. The molecule has 0 fully saturated rings. The zero-order valence-corrected chi connectivity index (χ0v) is 11.0. The van der Waals surface area contributed by atoms with Crippen LogP contribution in [0.25, 0.3) is 5.69 Å². The molecule has 0 unspecified atom stereocenters. The van der Waals surface area contributed by atoms with Gasteiger partial charge in [-0.1, -0.05) is 0 Å². The molecule has 106 valence electrons. The number of hydrogen-bond acceptors (Lipinski definition) is 3. The number of benzene rings is 1. The molecule has 1 aromatic carbocycles. The Kier molecular flexibility index (Phi) is 3.51. The van der Waals surface area contributed by atoms with Crippen LogP contribution in [0.2, 0.25) is 0 Å². The molecule has 0 aliphatic carbocycles. The molecule has 21 heavy (non-hydrogen) atoms. The SMILES string of the molecule is O=C(NCc1ccco1)c1cn(-c2ccc(F)cc2)cn1. The molecule has 2 heterocycles. The first-order valence-electron chi connectivity index (χ1n) is 6.33. The number of nitrogens with zero attached hydrogens (tertiary/aromatic N) is 2. The van der Waals surface area contributed by atoms with Crippen molar-refractivity contribution in [1.29, 1.82) is 0 Å². The van der Waals surface area contributed by atoms with Gasteiger partial charge in [-0.3, -0.25) is 4.79 Å². The Morgan fingerprint density at radius 3 is 2.81 bits per heavy atom. The number of carbonyl (C=O) groups excluding carboxylic acids is 1. The minimum Gasteiger partial charge on any atom is -0.467 e. The molecular formula is C15H12FN3O2. The Hall–Kier alpha value is -2.89. The van der Waals surface area contributed by atoms with E-state index in [1.54, 1.807) is 41.3 Å². The van der Waals surface area contributed by atoms with Gasteiger partial charge in [0, 0.05) is 11.9 Å². The molecule has 0 saturated heterocycles. The first-order chi connectivity index (χ1) is 10.2. The maximum atomic E-state index is 12.9. The van der Waals surface area contributed by atoms with Gasteiger partial charge in [0.2, 0.25) is 0 Å². The lowest BCUT2D eigenvalue weighted by Crippen LogP contribution is -2.22. The van der Waals surface area contributed by atoms with Crippen LogP contribution in [0, 0.1) is 5.82 Å². The van der Waals surface area contributed by atoms with Crippen LogP contribution in [0.1, 0.15) is 16.2 Å². The molecule has 1 amide bonds. The molecule has 0 aliphatic rings. The molecule has 3 rings (SSSR count). The highest BCUT2D eigenvalue weighted by atomic mass is 19.1. The van der Waals surface area contributed by atoms with E-state index in [4.69, 9.17) is 4.42 Å². The summed E-state index contributed by atoms with van der Waals surface area (Å²) in [5.74, 6) is 0.0591. The molecule has 5 nitrogen and oxygen atoms in total. The number of carbonyl (C=O) groups is 1. The van der Waals surface area contributed by atoms with E-state index in [1.165, 1.54) is 18.5 Å². The highest BCUT2D eigenvalue weighted by Crippen LogP contribution is 2.10. The average molecular weight is 285 g/mol. The van der Waals surface area contributed by atoms with Gasteiger partial charge >= 0.3 is 0 Å². The molecule has 1 N–H and O–H groups in total. The van der Waals surface area contributed by atoms with Crippen molar-refractivity contribution in [1.82, 2.24) is 14.9 Å². The second-order valence-electron chi connectivity index (χ2n) is 4.40. The fourth-order valence-corrected chi connectivity index (χ4v) is 1.87. The molecule has 3 aromatic rings. The lowest BCUT2D eigenvalue weighted by molar-refractivity contribution is 0.0943. The van der Waals surface area contributed by atoms with Crippen molar-refractivity contribution in [3.63, 3.8) is 0 Å². The largest absolute Gasteiger partial charge is 0.467 e. The summed E-state index contributed by atoms with van der Waals surface area (Å²) in [7, 11) is 0. The molecule has 0 atom stereocenters. The predicted octanol–water partition coefficient (Wildman–Crippen LogP) is 2.53. The molecule has 6 heteroatoms. The quantitative estimate of drug-likeness (QED) is 0.801. The van der Waals surface area contributed by atoms with Crippen molar-refractivity contribution in [3.05, 3.63) is 72.5 Å². The minimum atomic E-state index is -0.310. The number of imidazole rings is 1. The Balaban J connectivity index is 1.69. The number of amides is 1. The summed E-state index contributed by atoms with van der Waals surface area (Å²) in [4.78, 5) is 16.0. The van der Waals surface area contributed by atoms with Crippen molar-refractivity contribution >= 4 is 5.91 Å². The number of rotatable bonds is 4. The molecular weight excluding hydrogens is 273 g/mol. The summed E-state index contributed by atoms with van der Waals surface area (Å²) in [6.07, 6.45) is 4.64. The highest BCUT2D eigenvalue weighted by Gasteiger charge is 2.10. The average Bonchev–Trinajstić information content (AvgIpc) is 3.17. The standard InChI is InChI=1S/C15H12FN3O2/c16-11-3-5-12(6-4-11)19-9-14(18-10-19)15(20)17-8-13-2-1-7-21-13/h1-7,9-10H,8H2,(H,17,20). The van der Waals surface area contributed by atoms with Gasteiger partial charge in [0.25, 0.3) is 5.91 Å². The Labute approximate surface area is 120 Å². The molecule has 0 aliphatic heterocycles. The first kappa shape index (κ1) is 13.1. The fourth-order valence-electron chi connectivity index (χ4n) is 1.87. The van der Waals surface area contributed by atoms with Crippen LogP contribution in [-0.2, 0) is 6.54 Å². The van der Waals surface area contributed by atoms with E-state index in [9.17, 15) is 9.18 Å². The van der Waals surface area contributed by atoms with E-state index in [1.807, 2.05) is 0 Å². The minimum absolute atomic E-state index is 0.283. The summed E-state index contributed by atoms with van der Waals surface area (Å²) in [5, 5.41) is 2.71. The third-order valence-corrected chi connectivity index (χ3v) is 2.94. The van der Waals surface area contributed by atoms with Crippen molar-refractivity contribution < 1.29 is 13.6 Å². The smallest absolute Gasteiger partial charge is 0.271 e. The summed E-state index contributed by atoms with van der Waals surface area (Å²) in [6.45, 7) is 0.301. The van der Waals surface area contributed by atoms with Crippen LogP contribution in [0.5, 0.6) is 0 Å². The first-order valence-corrected chi connectivity index (χ1v) is 6.33. The number of aromatic nitrogens is 2. The van der Waals surface area contributed by atoms with E-state index in [-0.39, 0.29) is 17.4 Å². The van der Waals surface area contributed by atoms with Crippen LogP contribution in [0.3, 0.4) is 0 Å². The summed E-state index contributed by atoms with van der Waals surface area (Å²) in [6, 6.07) is 9.46. The van der Waals surface area contributed by atoms with Crippen molar-refractivity contribution in [3.8, 4) is 5.69 Å². The molecule has 0 saturated carbocycles. The second kappa shape index (κ2) is 5.62. The van der Waals surface area contributed by atoms with Gasteiger partial charge in [0.1, 0.15) is 23.6 Å². The second-order valence-corrected chi connectivity index (χ2v) is 4.40. The maximum Gasteiger partial charge on any atom is 0.271 e. The highest BCUT2D eigenvalue weighted by molar-refractivity contribution is 5.92. The van der Waals surface area contributed by atoms with Gasteiger partial charge in [-0.15, -0.1) is 0 Å². The third-order valence-electron chi connectivity index (χ3n) is 2.94. The summed E-state index contributed by atoms with van der Waals surface area (Å²) >= 11 is 0. The lowest BCUT2D eigenvalue weighted by atomic mass is 10.3. The Morgan fingerprint density at radius 1 is 1.29 bits per heavy atom. The van der Waals surface area contributed by atoms with Crippen LogP contribution >= 0.6 is 0 Å². The van der Waals surface area contributed by atoms with Gasteiger partial charge in [-0.25, -0.2) is 9.37 Å². The topological polar surface area (TPSA) is 60.1 Å². The fraction of sp³-hybridized carbons (Fsp3) is 0.0667. The molecule has 0 bridgehead atoms. The Morgan fingerprint density at radius 2 is 2.10 bits per heavy atom. The predicted molar refractivity (Wildman–Crippen MR) is 73.4 cm³/mol. The van der Waals surface area contributed by atoms with Crippen LogP contribution in [0.15, 0.2) is 59.6 Å². The van der Waals surface area contributed by atoms with Gasteiger partial charge in [0.05, 0.1) is 12.8 Å². The van der Waals surface area contributed by atoms with Crippen LogP contribution < -0.4 is 5.32 Å². The molecule has 2 aromatic heterocycles. The van der Waals surface area contributed by atoms with Crippen LogP contribution in [-0.4, -0.2) is 15.5 Å². The third kappa shape index (κ3) is 3.00. The molecule has 0 spiro atoms. The normalized spacial score (nSPS) is 10.5. The number of nitrogens with one attached hydrogen (secondary N) is 1. The van der Waals surface area contributed by atoms with Crippen LogP contribution in [0.4, 0.5) is 4.39 Å². The maximum absolute atomic E-state index is 12.9. The Bertz CT molecular complexity index is 733. The van der Waals surface area contributed by atoms with Gasteiger partial charge in [-0.2, -0.15) is 0 Å². The van der Waals surface area contributed by atoms with Gasteiger partial charge in [0.15, 0.2) is 0 Å². The number of halogens is 1. The zero-order chi connectivity index (χ0) is 14.7. The molecule has 0 radical (unpaired) electrons. The zero-order valence-electron chi connectivity index (χ0n) is 11.0. The number of hydrogen-bond donors (Lipinski definition) is 1. The number of furan rings is 1. The monoisotopic (exact) mass is 285 g/mol. The van der Waals surface area contributed by atoms with E-state index in [2.05, 4.69) is 10.3 Å². The van der Waals surface area contributed by atoms with E-state index >= 15 is 0 Å². The van der Waals surface area contributed by atoms with E-state index in [0.717, 1.165) is 5.69 Å². The van der Waals surface area contributed by atoms with Gasteiger partial charge < -0.3 is 14.3 Å². The van der Waals surface area contributed by atoms with Crippen molar-refractivity contribution in [2.75, 3.05) is 0 Å². The lowest BCUT2D eigenvalue weighted by Gasteiger charge is -2.01. The van der Waals surface area contributed by atoms with Crippen molar-refractivity contribution in [2.24, 2.45) is 0 Å².